The lowest BCUT2D eigenvalue weighted by atomic mass is 10.1. The van der Waals surface area contributed by atoms with Gasteiger partial charge in [-0.05, 0) is 42.2 Å². The van der Waals surface area contributed by atoms with E-state index in [1.165, 1.54) is 19.1 Å². The number of carbonyl (C=O) groups excluding carboxylic acids is 2. The molecule has 5 heteroatoms. The van der Waals surface area contributed by atoms with Crippen molar-refractivity contribution in [3.05, 3.63) is 71.0 Å². The van der Waals surface area contributed by atoms with Crippen molar-refractivity contribution in [1.82, 2.24) is 10.2 Å². The zero-order valence-electron chi connectivity index (χ0n) is 15.3. The lowest BCUT2D eigenvalue weighted by Crippen LogP contribution is -2.39. The molecule has 0 aliphatic heterocycles. The molecule has 0 fully saturated rings. The van der Waals surface area contributed by atoms with Gasteiger partial charge in [0.15, 0.2) is 0 Å². The number of halogens is 1. The standard InChI is InChI=1S/C21H25FN2O2/c1-16-5-3-4-6-19(16)15-21(26)23-12-14-24(17(2)25)13-11-18-7-9-20(22)10-8-18/h3-10H,11-15H2,1-2H3,(H,23,26). The Morgan fingerprint density at radius 3 is 2.38 bits per heavy atom. The van der Waals surface area contributed by atoms with Crippen molar-refractivity contribution in [3.63, 3.8) is 0 Å². The number of hydrogen-bond acceptors (Lipinski definition) is 2. The second-order valence-corrected chi connectivity index (χ2v) is 6.34. The minimum atomic E-state index is -0.270. The molecule has 0 spiro atoms. The number of amides is 2. The average Bonchev–Trinajstić information content (AvgIpc) is 2.61. The van der Waals surface area contributed by atoms with Crippen molar-refractivity contribution in [1.29, 1.82) is 0 Å². The normalized spacial score (nSPS) is 10.4. The summed E-state index contributed by atoms with van der Waals surface area (Å²) in [6, 6.07) is 14.1. The van der Waals surface area contributed by atoms with Gasteiger partial charge in [-0.15, -0.1) is 0 Å². The van der Waals surface area contributed by atoms with Crippen molar-refractivity contribution < 1.29 is 14.0 Å². The number of nitrogens with one attached hydrogen (secondary N) is 1. The van der Waals surface area contributed by atoms with Crippen molar-refractivity contribution in [2.75, 3.05) is 19.6 Å². The van der Waals surface area contributed by atoms with Gasteiger partial charge in [0, 0.05) is 26.6 Å². The number of nitrogens with zero attached hydrogens (tertiary/aromatic N) is 1. The lowest BCUT2D eigenvalue weighted by Gasteiger charge is -2.21. The van der Waals surface area contributed by atoms with Gasteiger partial charge < -0.3 is 10.2 Å². The fourth-order valence-electron chi connectivity index (χ4n) is 2.72. The minimum Gasteiger partial charge on any atom is -0.354 e. The van der Waals surface area contributed by atoms with Crippen LogP contribution in [0.5, 0.6) is 0 Å². The van der Waals surface area contributed by atoms with E-state index in [4.69, 9.17) is 0 Å². The van der Waals surface area contributed by atoms with E-state index in [1.807, 2.05) is 31.2 Å². The van der Waals surface area contributed by atoms with Gasteiger partial charge >= 0.3 is 0 Å². The maximum Gasteiger partial charge on any atom is 0.224 e. The zero-order chi connectivity index (χ0) is 18.9. The van der Waals surface area contributed by atoms with Crippen molar-refractivity contribution in [2.45, 2.75) is 26.7 Å². The number of benzene rings is 2. The maximum atomic E-state index is 12.9. The molecule has 26 heavy (non-hydrogen) atoms. The molecule has 0 aliphatic rings. The molecule has 2 aromatic rings. The van der Waals surface area contributed by atoms with Gasteiger partial charge in [-0.3, -0.25) is 9.59 Å². The third-order valence-electron chi connectivity index (χ3n) is 4.35. The highest BCUT2D eigenvalue weighted by molar-refractivity contribution is 5.79. The number of aryl methyl sites for hydroxylation is 1. The summed E-state index contributed by atoms with van der Waals surface area (Å²) in [5.41, 5.74) is 3.07. The van der Waals surface area contributed by atoms with Crippen molar-refractivity contribution in [3.8, 4) is 0 Å². The molecule has 0 radical (unpaired) electrons. The first-order chi connectivity index (χ1) is 12.5. The van der Waals surface area contributed by atoms with Gasteiger partial charge in [-0.2, -0.15) is 0 Å². The Balaban J connectivity index is 1.77. The molecular formula is C21H25FN2O2. The summed E-state index contributed by atoms with van der Waals surface area (Å²) in [5.74, 6) is -0.366. The Morgan fingerprint density at radius 2 is 1.73 bits per heavy atom. The highest BCUT2D eigenvalue weighted by Gasteiger charge is 2.10. The van der Waals surface area contributed by atoms with E-state index in [2.05, 4.69) is 5.32 Å². The average molecular weight is 356 g/mol. The first-order valence-corrected chi connectivity index (χ1v) is 8.77. The number of carbonyl (C=O) groups is 2. The van der Waals surface area contributed by atoms with Gasteiger partial charge in [0.1, 0.15) is 5.82 Å². The highest BCUT2D eigenvalue weighted by atomic mass is 19.1. The molecule has 0 aliphatic carbocycles. The van der Waals surface area contributed by atoms with E-state index in [9.17, 15) is 14.0 Å². The molecular weight excluding hydrogens is 331 g/mol. The first kappa shape index (κ1) is 19.6. The monoisotopic (exact) mass is 356 g/mol. The summed E-state index contributed by atoms with van der Waals surface area (Å²) < 4.78 is 12.9. The molecule has 0 heterocycles. The van der Waals surface area contributed by atoms with E-state index < -0.39 is 0 Å². The third-order valence-corrected chi connectivity index (χ3v) is 4.35. The largest absolute Gasteiger partial charge is 0.354 e. The van der Waals surface area contributed by atoms with Gasteiger partial charge in [-0.1, -0.05) is 36.4 Å². The molecule has 2 aromatic carbocycles. The smallest absolute Gasteiger partial charge is 0.224 e. The fraction of sp³-hybridized carbons (Fsp3) is 0.333. The highest BCUT2D eigenvalue weighted by Crippen LogP contribution is 2.07. The first-order valence-electron chi connectivity index (χ1n) is 8.77. The molecule has 0 aromatic heterocycles. The Kier molecular flexibility index (Phi) is 7.33. The zero-order valence-corrected chi connectivity index (χ0v) is 15.3. The van der Waals surface area contributed by atoms with Crippen LogP contribution in [0.3, 0.4) is 0 Å². The van der Waals surface area contributed by atoms with Crippen molar-refractivity contribution >= 4 is 11.8 Å². The van der Waals surface area contributed by atoms with Crippen LogP contribution in [0, 0.1) is 12.7 Å². The van der Waals surface area contributed by atoms with E-state index in [1.54, 1.807) is 17.0 Å². The molecule has 0 unspecified atom stereocenters. The summed E-state index contributed by atoms with van der Waals surface area (Å²) in [7, 11) is 0. The molecule has 0 saturated carbocycles. The van der Waals surface area contributed by atoms with Crippen LogP contribution >= 0.6 is 0 Å². The second-order valence-electron chi connectivity index (χ2n) is 6.34. The van der Waals surface area contributed by atoms with Crippen LogP contribution in [0.25, 0.3) is 0 Å². The summed E-state index contributed by atoms with van der Waals surface area (Å²) in [6.45, 7) is 4.90. The topological polar surface area (TPSA) is 49.4 Å². The van der Waals surface area contributed by atoms with Crippen molar-refractivity contribution in [2.24, 2.45) is 0 Å². The maximum absolute atomic E-state index is 12.9. The van der Waals surface area contributed by atoms with E-state index in [-0.39, 0.29) is 17.6 Å². The predicted octanol–water partition coefficient (Wildman–Crippen LogP) is 2.88. The molecule has 0 saturated heterocycles. The summed E-state index contributed by atoms with van der Waals surface area (Å²) in [4.78, 5) is 25.6. The van der Waals surface area contributed by atoms with Crippen LogP contribution < -0.4 is 5.32 Å². The van der Waals surface area contributed by atoms with Crippen LogP contribution in [-0.4, -0.2) is 36.3 Å². The summed E-state index contributed by atoms with van der Waals surface area (Å²) >= 11 is 0. The molecule has 0 atom stereocenters. The van der Waals surface area contributed by atoms with Gasteiger partial charge in [-0.25, -0.2) is 4.39 Å². The fourth-order valence-corrected chi connectivity index (χ4v) is 2.72. The van der Waals surface area contributed by atoms with E-state index in [0.29, 0.717) is 32.5 Å². The number of rotatable bonds is 8. The van der Waals surface area contributed by atoms with Gasteiger partial charge in [0.25, 0.3) is 0 Å². The van der Waals surface area contributed by atoms with Gasteiger partial charge in [0.2, 0.25) is 11.8 Å². The quantitative estimate of drug-likeness (QED) is 0.791. The molecule has 138 valence electrons. The Labute approximate surface area is 154 Å². The Hall–Kier alpha value is -2.69. The van der Waals surface area contributed by atoms with E-state index >= 15 is 0 Å². The van der Waals surface area contributed by atoms with E-state index in [0.717, 1.165) is 16.7 Å². The molecule has 2 rings (SSSR count). The Morgan fingerprint density at radius 1 is 1.04 bits per heavy atom. The molecule has 0 bridgehead atoms. The second kappa shape index (κ2) is 9.70. The third kappa shape index (κ3) is 6.31. The lowest BCUT2D eigenvalue weighted by molar-refractivity contribution is -0.129. The van der Waals surface area contributed by atoms with Crippen LogP contribution in [0.2, 0.25) is 0 Å². The number of hydrogen-bond donors (Lipinski definition) is 1. The van der Waals surface area contributed by atoms with Crippen LogP contribution in [0.4, 0.5) is 4.39 Å². The summed E-state index contributed by atoms with van der Waals surface area (Å²) in [5, 5.41) is 2.87. The van der Waals surface area contributed by atoms with Crippen LogP contribution in [0.1, 0.15) is 23.6 Å². The summed E-state index contributed by atoms with van der Waals surface area (Å²) in [6.07, 6.45) is 0.985. The molecule has 1 N–H and O–H groups in total. The van der Waals surface area contributed by atoms with Gasteiger partial charge in [0.05, 0.1) is 6.42 Å². The van der Waals surface area contributed by atoms with Crippen LogP contribution in [0.15, 0.2) is 48.5 Å². The molecule has 4 nitrogen and oxygen atoms in total. The van der Waals surface area contributed by atoms with Crippen LogP contribution in [-0.2, 0) is 22.4 Å². The minimum absolute atomic E-state index is 0.0414. The SMILES string of the molecule is CC(=O)N(CCNC(=O)Cc1ccccc1C)CCc1ccc(F)cc1. The molecule has 2 amide bonds. The Bertz CT molecular complexity index is 744. The predicted molar refractivity (Wildman–Crippen MR) is 100 cm³/mol.